The molecule has 0 unspecified atom stereocenters. The normalized spacial score (nSPS) is 24.0. The van der Waals surface area contributed by atoms with Gasteiger partial charge in [0.15, 0.2) is 0 Å². The monoisotopic (exact) mass is 166 g/mol. The number of nitrogens with zero attached hydrogens (tertiary/aromatic N) is 1. The zero-order chi connectivity index (χ0) is 9.14. The van der Waals surface area contributed by atoms with Gasteiger partial charge in [-0.3, -0.25) is 4.90 Å². The van der Waals surface area contributed by atoms with Gasteiger partial charge in [0.25, 0.3) is 0 Å². The van der Waals surface area contributed by atoms with Crippen LogP contribution in [-0.2, 0) is 0 Å². The van der Waals surface area contributed by atoms with Crippen molar-refractivity contribution in [1.82, 2.24) is 4.90 Å². The maximum absolute atomic E-state index is 7.68. The molecule has 1 fully saturated rings. The smallest absolute Gasteiger partial charge is 0.0368 e. The number of likely N-dealkylation sites (tertiary alicyclic amines) is 1. The number of piperidine rings is 1. The lowest BCUT2D eigenvalue weighted by Gasteiger charge is -2.32. The molecule has 68 valence electrons. The third kappa shape index (κ3) is 1.95. The van der Waals surface area contributed by atoms with Gasteiger partial charge in [-0.15, -0.1) is 0 Å². The first kappa shape index (κ1) is 9.46. The molecule has 0 aromatic carbocycles. The van der Waals surface area contributed by atoms with E-state index in [1.54, 1.807) is 0 Å². The third-order valence-electron chi connectivity index (χ3n) is 2.49. The second-order valence-corrected chi connectivity index (χ2v) is 3.61. The molecule has 0 atom stereocenters. The molecule has 0 aromatic rings. The summed E-state index contributed by atoms with van der Waals surface area (Å²) in [7, 11) is 0. The lowest BCUT2D eigenvalue weighted by molar-refractivity contribution is 0.241. The molecule has 0 aliphatic carbocycles. The predicted molar refractivity (Wildman–Crippen MR) is 52.8 cm³/mol. The fourth-order valence-electron chi connectivity index (χ4n) is 1.52. The molecule has 1 heterocycles. The number of hydrogen-bond acceptors (Lipinski definition) is 2. The Hall–Kier alpha value is -0.630. The molecule has 1 aliphatic heterocycles. The lowest BCUT2D eigenvalue weighted by atomic mass is 10.0. The summed E-state index contributed by atoms with van der Waals surface area (Å²) in [5.74, 6) is 0. The summed E-state index contributed by atoms with van der Waals surface area (Å²) >= 11 is 0. The van der Waals surface area contributed by atoms with Gasteiger partial charge < -0.3 is 5.41 Å². The highest BCUT2D eigenvalue weighted by Crippen LogP contribution is 2.14. The van der Waals surface area contributed by atoms with Crippen molar-refractivity contribution in [2.45, 2.75) is 33.2 Å². The second-order valence-electron chi connectivity index (χ2n) is 3.61. The Labute approximate surface area is 74.8 Å². The Morgan fingerprint density at radius 1 is 1.50 bits per heavy atom. The van der Waals surface area contributed by atoms with Crippen LogP contribution in [0, 0.1) is 5.41 Å². The average molecular weight is 166 g/mol. The van der Waals surface area contributed by atoms with Crippen molar-refractivity contribution in [3.63, 3.8) is 0 Å². The van der Waals surface area contributed by atoms with Crippen LogP contribution in [0.5, 0.6) is 0 Å². The first-order chi connectivity index (χ1) is 5.65. The van der Waals surface area contributed by atoms with Crippen molar-refractivity contribution in [1.29, 1.82) is 5.41 Å². The maximum atomic E-state index is 7.68. The van der Waals surface area contributed by atoms with Crippen LogP contribution in [0.1, 0.15) is 27.2 Å². The van der Waals surface area contributed by atoms with Gasteiger partial charge in [-0.1, -0.05) is 6.08 Å². The zero-order valence-corrected chi connectivity index (χ0v) is 8.22. The average Bonchev–Trinajstić information content (AvgIpc) is 2.05. The Bertz CT molecular complexity index is 204. The standard InChI is InChI=1S/C10H18N2/c1-4-9-7-12(8(2)3)6-5-10(9)11/h4,8,11H,5-7H2,1-3H3/b9-4-,11-10?. The van der Waals surface area contributed by atoms with Gasteiger partial charge in [-0.2, -0.15) is 0 Å². The number of hydrogen-bond donors (Lipinski definition) is 1. The Morgan fingerprint density at radius 3 is 2.67 bits per heavy atom. The second kappa shape index (κ2) is 3.85. The highest BCUT2D eigenvalue weighted by molar-refractivity contribution is 5.98. The largest absolute Gasteiger partial charge is 0.305 e. The van der Waals surface area contributed by atoms with Crippen LogP contribution in [0.25, 0.3) is 0 Å². The lowest BCUT2D eigenvalue weighted by Crippen LogP contribution is -2.39. The number of rotatable bonds is 1. The summed E-state index contributed by atoms with van der Waals surface area (Å²) in [6.07, 6.45) is 2.98. The van der Waals surface area contributed by atoms with Crippen LogP contribution in [0.3, 0.4) is 0 Å². The maximum Gasteiger partial charge on any atom is 0.0368 e. The minimum Gasteiger partial charge on any atom is -0.305 e. The summed E-state index contributed by atoms with van der Waals surface area (Å²) in [5.41, 5.74) is 2.03. The van der Waals surface area contributed by atoms with Crippen LogP contribution in [0.15, 0.2) is 11.6 Å². The van der Waals surface area contributed by atoms with Gasteiger partial charge in [0.2, 0.25) is 0 Å². The molecule has 0 saturated carbocycles. The van der Waals surface area contributed by atoms with Gasteiger partial charge in [0, 0.05) is 31.3 Å². The summed E-state index contributed by atoms with van der Waals surface area (Å²) in [4.78, 5) is 2.41. The van der Waals surface area contributed by atoms with Crippen molar-refractivity contribution in [2.24, 2.45) is 0 Å². The fraction of sp³-hybridized carbons (Fsp3) is 0.700. The molecule has 2 nitrogen and oxygen atoms in total. The molecule has 0 radical (unpaired) electrons. The predicted octanol–water partition coefficient (Wildman–Crippen LogP) is 2.07. The van der Waals surface area contributed by atoms with E-state index in [0.29, 0.717) is 6.04 Å². The molecule has 0 aromatic heterocycles. The molecular weight excluding hydrogens is 148 g/mol. The van der Waals surface area contributed by atoms with Crippen molar-refractivity contribution in [2.75, 3.05) is 13.1 Å². The van der Waals surface area contributed by atoms with E-state index < -0.39 is 0 Å². The van der Waals surface area contributed by atoms with Crippen LogP contribution >= 0.6 is 0 Å². The number of allylic oxidation sites excluding steroid dienone is 1. The van der Waals surface area contributed by atoms with E-state index in [1.807, 2.05) is 6.92 Å². The van der Waals surface area contributed by atoms with Crippen LogP contribution in [-0.4, -0.2) is 29.7 Å². The van der Waals surface area contributed by atoms with Crippen molar-refractivity contribution >= 4 is 5.71 Å². The van der Waals surface area contributed by atoms with E-state index in [2.05, 4.69) is 24.8 Å². The molecule has 2 heteroatoms. The van der Waals surface area contributed by atoms with Crippen molar-refractivity contribution < 1.29 is 0 Å². The first-order valence-corrected chi connectivity index (χ1v) is 4.62. The SMILES string of the molecule is C/C=C1/CN(C(C)C)CCC1=N. The molecule has 12 heavy (non-hydrogen) atoms. The molecule has 1 saturated heterocycles. The van der Waals surface area contributed by atoms with E-state index in [9.17, 15) is 0 Å². The fourth-order valence-corrected chi connectivity index (χ4v) is 1.52. The van der Waals surface area contributed by atoms with Gasteiger partial charge in [0.05, 0.1) is 0 Å². The van der Waals surface area contributed by atoms with Crippen LogP contribution < -0.4 is 0 Å². The third-order valence-corrected chi connectivity index (χ3v) is 2.49. The van der Waals surface area contributed by atoms with E-state index in [1.165, 1.54) is 5.57 Å². The topological polar surface area (TPSA) is 27.1 Å². The number of nitrogens with one attached hydrogen (secondary N) is 1. The Balaban J connectivity index is 2.62. The highest BCUT2D eigenvalue weighted by Gasteiger charge is 2.19. The van der Waals surface area contributed by atoms with E-state index in [-0.39, 0.29) is 0 Å². The summed E-state index contributed by atoms with van der Waals surface area (Å²) in [6.45, 7) is 8.46. The molecule has 1 N–H and O–H groups in total. The van der Waals surface area contributed by atoms with Crippen LogP contribution in [0.2, 0.25) is 0 Å². The molecular formula is C10H18N2. The summed E-state index contributed by atoms with van der Waals surface area (Å²) in [6, 6.07) is 0.605. The molecule has 0 spiro atoms. The van der Waals surface area contributed by atoms with Crippen LogP contribution in [0.4, 0.5) is 0 Å². The van der Waals surface area contributed by atoms with Gasteiger partial charge in [-0.25, -0.2) is 0 Å². The summed E-state index contributed by atoms with van der Waals surface area (Å²) < 4.78 is 0. The van der Waals surface area contributed by atoms with Gasteiger partial charge in [0.1, 0.15) is 0 Å². The van der Waals surface area contributed by atoms with Gasteiger partial charge >= 0.3 is 0 Å². The Kier molecular flexibility index (Phi) is 3.04. The van der Waals surface area contributed by atoms with Crippen molar-refractivity contribution in [3.8, 4) is 0 Å². The van der Waals surface area contributed by atoms with E-state index in [0.717, 1.165) is 25.2 Å². The van der Waals surface area contributed by atoms with E-state index in [4.69, 9.17) is 5.41 Å². The quantitative estimate of drug-likeness (QED) is 0.634. The minimum absolute atomic E-state index is 0.605. The van der Waals surface area contributed by atoms with Crippen molar-refractivity contribution in [3.05, 3.63) is 11.6 Å². The zero-order valence-electron chi connectivity index (χ0n) is 8.22. The minimum atomic E-state index is 0.605. The summed E-state index contributed by atoms with van der Waals surface area (Å²) in [5, 5.41) is 7.68. The van der Waals surface area contributed by atoms with Gasteiger partial charge in [-0.05, 0) is 26.3 Å². The molecule has 0 bridgehead atoms. The van der Waals surface area contributed by atoms with E-state index >= 15 is 0 Å². The molecule has 1 aliphatic rings. The molecule has 1 rings (SSSR count). The molecule has 0 amide bonds. The Morgan fingerprint density at radius 2 is 2.17 bits per heavy atom. The highest BCUT2D eigenvalue weighted by atomic mass is 15.2. The first-order valence-electron chi connectivity index (χ1n) is 4.62.